The highest BCUT2D eigenvalue weighted by Gasteiger charge is 2.23. The fourth-order valence-corrected chi connectivity index (χ4v) is 1.64. The molecule has 1 aromatic rings. The zero-order valence-corrected chi connectivity index (χ0v) is 11.8. The van der Waals surface area contributed by atoms with Gasteiger partial charge in [0.05, 0.1) is 0 Å². The molecule has 0 aromatic carbocycles. The Labute approximate surface area is 121 Å². The summed E-state index contributed by atoms with van der Waals surface area (Å²) in [5, 5.41) is 2.49. The average molecular weight is 295 g/mol. The number of aromatic nitrogens is 1. The molecule has 0 unspecified atom stereocenters. The van der Waals surface area contributed by atoms with Gasteiger partial charge in [0.15, 0.2) is 0 Å². The Bertz CT molecular complexity index is 586. The lowest BCUT2D eigenvalue weighted by Crippen LogP contribution is -2.81. The van der Waals surface area contributed by atoms with E-state index < -0.39 is 23.8 Å². The summed E-state index contributed by atoms with van der Waals surface area (Å²) < 4.78 is 0. The van der Waals surface area contributed by atoms with Crippen LogP contribution in [0.4, 0.5) is 0 Å². The second-order valence-corrected chi connectivity index (χ2v) is 4.79. The van der Waals surface area contributed by atoms with Gasteiger partial charge in [-0.3, -0.25) is 21.1 Å². The summed E-state index contributed by atoms with van der Waals surface area (Å²) in [6.07, 6.45) is 0. The molecule has 0 spiro atoms. The minimum Gasteiger partial charge on any atom is -0.368 e. The van der Waals surface area contributed by atoms with Crippen molar-refractivity contribution in [2.75, 3.05) is 0 Å². The maximum Gasteiger partial charge on any atom is 0.346 e. The molecular formula is C12H19N6O3+. The summed E-state index contributed by atoms with van der Waals surface area (Å²) >= 11 is 0. The molecule has 1 heterocycles. The lowest BCUT2D eigenvalue weighted by atomic mass is 10.0. The molecule has 9 nitrogen and oxygen atoms in total. The SMILES string of the molecule is CC(C)[C@H](NC(=O)c1ccc(C(=O)[NH+]=C(N)N)[nH]1)C(N)=O. The molecule has 0 fully saturated rings. The van der Waals surface area contributed by atoms with Crippen LogP contribution in [0.2, 0.25) is 0 Å². The molecule has 0 saturated heterocycles. The monoisotopic (exact) mass is 295 g/mol. The molecule has 3 amide bonds. The summed E-state index contributed by atoms with van der Waals surface area (Å²) in [5.41, 5.74) is 15.7. The first kappa shape index (κ1) is 16.2. The number of hydrogen-bond acceptors (Lipinski definition) is 3. The highest BCUT2D eigenvalue weighted by Crippen LogP contribution is 2.05. The van der Waals surface area contributed by atoms with Crippen LogP contribution in [0.1, 0.15) is 34.8 Å². The first-order chi connectivity index (χ1) is 9.72. The highest BCUT2D eigenvalue weighted by atomic mass is 16.2. The molecule has 1 atom stereocenters. The van der Waals surface area contributed by atoms with Gasteiger partial charge in [0.1, 0.15) is 17.4 Å². The molecule has 0 aliphatic carbocycles. The van der Waals surface area contributed by atoms with Crippen LogP contribution < -0.4 is 27.5 Å². The van der Waals surface area contributed by atoms with Crippen LogP contribution in [0.5, 0.6) is 0 Å². The van der Waals surface area contributed by atoms with Gasteiger partial charge >= 0.3 is 11.9 Å². The third-order valence-electron chi connectivity index (χ3n) is 2.69. The number of carbonyl (C=O) groups excluding carboxylic acids is 3. The topological polar surface area (TPSA) is 171 Å². The maximum atomic E-state index is 12.0. The van der Waals surface area contributed by atoms with Gasteiger partial charge in [0.25, 0.3) is 5.91 Å². The van der Waals surface area contributed by atoms with Crippen LogP contribution in [-0.2, 0) is 4.79 Å². The summed E-state index contributed by atoms with van der Waals surface area (Å²) in [5.74, 6) is -2.17. The van der Waals surface area contributed by atoms with Gasteiger partial charge < -0.3 is 16.0 Å². The van der Waals surface area contributed by atoms with Crippen LogP contribution in [0.25, 0.3) is 0 Å². The number of primary amides is 1. The fourth-order valence-electron chi connectivity index (χ4n) is 1.64. The number of aromatic amines is 1. The number of hydrogen-bond donors (Lipinski definition) is 6. The van der Waals surface area contributed by atoms with Crippen LogP contribution in [-0.4, -0.2) is 34.7 Å². The molecule has 9 heteroatoms. The van der Waals surface area contributed by atoms with Gasteiger partial charge in [0, 0.05) is 0 Å². The van der Waals surface area contributed by atoms with E-state index in [9.17, 15) is 14.4 Å². The number of amides is 3. The lowest BCUT2D eigenvalue weighted by Gasteiger charge is -2.18. The van der Waals surface area contributed by atoms with E-state index in [1.165, 1.54) is 12.1 Å². The molecule has 1 aromatic heterocycles. The van der Waals surface area contributed by atoms with Crippen molar-refractivity contribution in [3.63, 3.8) is 0 Å². The van der Waals surface area contributed by atoms with Gasteiger partial charge in [-0.2, -0.15) is 0 Å². The quantitative estimate of drug-likeness (QED) is 0.247. The second kappa shape index (κ2) is 6.55. The highest BCUT2D eigenvalue weighted by molar-refractivity contribution is 5.97. The molecule has 1 rings (SSSR count). The zero-order chi connectivity index (χ0) is 16.2. The Kier molecular flexibility index (Phi) is 5.06. The molecular weight excluding hydrogens is 276 g/mol. The van der Waals surface area contributed by atoms with Crippen LogP contribution >= 0.6 is 0 Å². The first-order valence-corrected chi connectivity index (χ1v) is 6.20. The maximum absolute atomic E-state index is 12.0. The minimum atomic E-state index is -0.800. The fraction of sp³-hybridized carbons (Fsp3) is 0.333. The smallest absolute Gasteiger partial charge is 0.346 e. The first-order valence-electron chi connectivity index (χ1n) is 6.20. The predicted octanol–water partition coefficient (Wildman–Crippen LogP) is -3.25. The van der Waals surface area contributed by atoms with Crippen LogP contribution in [0, 0.1) is 5.92 Å². The molecule has 0 radical (unpaired) electrons. The number of H-pyrrole nitrogens is 1. The number of rotatable bonds is 5. The Hall–Kier alpha value is -2.84. The Morgan fingerprint density at radius 2 is 1.71 bits per heavy atom. The van der Waals surface area contributed by atoms with Gasteiger partial charge in [0.2, 0.25) is 5.91 Å². The van der Waals surface area contributed by atoms with Gasteiger partial charge in [-0.1, -0.05) is 13.8 Å². The zero-order valence-electron chi connectivity index (χ0n) is 11.8. The molecule has 0 aliphatic rings. The van der Waals surface area contributed by atoms with E-state index in [2.05, 4.69) is 15.3 Å². The van der Waals surface area contributed by atoms with Crippen molar-refractivity contribution in [2.45, 2.75) is 19.9 Å². The van der Waals surface area contributed by atoms with Gasteiger partial charge in [-0.15, -0.1) is 0 Å². The predicted molar refractivity (Wildman–Crippen MR) is 74.8 cm³/mol. The Morgan fingerprint density at radius 1 is 1.14 bits per heavy atom. The average Bonchev–Trinajstić information content (AvgIpc) is 2.83. The molecule has 9 N–H and O–H groups in total. The van der Waals surface area contributed by atoms with E-state index in [4.69, 9.17) is 17.2 Å². The largest absolute Gasteiger partial charge is 0.368 e. The van der Waals surface area contributed by atoms with Crippen molar-refractivity contribution in [3.8, 4) is 0 Å². The third kappa shape index (κ3) is 4.34. The van der Waals surface area contributed by atoms with E-state index in [1.54, 1.807) is 13.8 Å². The van der Waals surface area contributed by atoms with Crippen molar-refractivity contribution < 1.29 is 19.4 Å². The van der Waals surface area contributed by atoms with Crippen molar-refractivity contribution in [3.05, 3.63) is 23.5 Å². The van der Waals surface area contributed by atoms with E-state index in [0.29, 0.717) is 0 Å². The third-order valence-corrected chi connectivity index (χ3v) is 2.69. The second-order valence-electron chi connectivity index (χ2n) is 4.79. The van der Waals surface area contributed by atoms with Crippen molar-refractivity contribution >= 4 is 23.7 Å². The van der Waals surface area contributed by atoms with E-state index in [0.717, 1.165) is 0 Å². The summed E-state index contributed by atoms with van der Waals surface area (Å²) in [6, 6.07) is 1.99. The minimum absolute atomic E-state index is 0.105. The number of guanidine groups is 1. The van der Waals surface area contributed by atoms with Crippen LogP contribution in [0.3, 0.4) is 0 Å². The standard InChI is InChI=1S/C12H18N6O3/c1-5(2)8(9(13)19)17-10(20)6-3-4-7(16-6)11(21)18-12(14)15/h3-5,8,16H,1-2H3,(H2,13,19)(H,17,20)(H4,14,15,18,21)/p+1/t8-/m0/s1. The van der Waals surface area contributed by atoms with Gasteiger partial charge in [-0.05, 0) is 18.1 Å². The summed E-state index contributed by atoms with van der Waals surface area (Å²) in [4.78, 5) is 39.6. The molecule has 0 aliphatic heterocycles. The van der Waals surface area contributed by atoms with E-state index in [1.807, 2.05) is 0 Å². The van der Waals surface area contributed by atoms with Gasteiger partial charge in [-0.25, -0.2) is 9.79 Å². The normalized spacial score (nSPS) is 11.8. The lowest BCUT2D eigenvalue weighted by molar-refractivity contribution is -0.347. The molecule has 21 heavy (non-hydrogen) atoms. The number of carbonyl (C=O) groups is 3. The van der Waals surface area contributed by atoms with Crippen LogP contribution in [0.15, 0.2) is 12.1 Å². The molecule has 114 valence electrons. The number of nitrogens with two attached hydrogens (primary N) is 3. The molecule has 0 bridgehead atoms. The Balaban J connectivity index is 2.85. The van der Waals surface area contributed by atoms with Crippen molar-refractivity contribution in [1.82, 2.24) is 10.3 Å². The van der Waals surface area contributed by atoms with Crippen molar-refractivity contribution in [1.29, 1.82) is 0 Å². The summed E-state index contributed by atoms with van der Waals surface area (Å²) in [6.45, 7) is 3.51. The summed E-state index contributed by atoms with van der Waals surface area (Å²) in [7, 11) is 0. The van der Waals surface area contributed by atoms with E-state index >= 15 is 0 Å². The number of nitrogens with one attached hydrogen (secondary N) is 3. The van der Waals surface area contributed by atoms with E-state index in [-0.39, 0.29) is 23.3 Å². The van der Waals surface area contributed by atoms with Crippen molar-refractivity contribution in [2.24, 2.45) is 23.1 Å². The molecule has 0 saturated carbocycles. The Morgan fingerprint density at radius 3 is 2.19 bits per heavy atom.